The molecule has 0 spiro atoms. The van der Waals surface area contributed by atoms with Crippen molar-refractivity contribution in [2.24, 2.45) is 0 Å². The second-order valence-corrected chi connectivity index (χ2v) is 8.49. The lowest BCUT2D eigenvalue weighted by Crippen LogP contribution is -2.48. The Hall–Kier alpha value is -3.75. The zero-order valence-corrected chi connectivity index (χ0v) is 20.3. The minimum absolute atomic E-state index is 0.142. The van der Waals surface area contributed by atoms with Crippen molar-refractivity contribution in [2.75, 3.05) is 13.6 Å². The number of amides is 3. The lowest BCUT2D eigenvalue weighted by atomic mass is 10.0. The fourth-order valence-corrected chi connectivity index (χ4v) is 2.96. The number of alkyl carbamates (subject to hydrolysis) is 1. The van der Waals surface area contributed by atoms with Crippen molar-refractivity contribution < 1.29 is 28.6 Å². The quantitative estimate of drug-likeness (QED) is 0.515. The molecule has 184 valence electrons. The summed E-state index contributed by atoms with van der Waals surface area (Å²) in [5, 5.41) is 7.70. The maximum absolute atomic E-state index is 12.4. The van der Waals surface area contributed by atoms with Crippen LogP contribution in [0.5, 0.6) is 11.5 Å². The van der Waals surface area contributed by atoms with E-state index in [2.05, 4.69) is 16.0 Å². The summed E-state index contributed by atoms with van der Waals surface area (Å²) in [7, 11) is 1.48. The summed E-state index contributed by atoms with van der Waals surface area (Å²) in [5.74, 6) is 0.184. The zero-order chi connectivity index (χ0) is 25.1. The molecule has 9 heteroatoms. The smallest absolute Gasteiger partial charge is 0.412 e. The molecule has 0 aliphatic carbocycles. The first-order valence-electron chi connectivity index (χ1n) is 11.1. The zero-order valence-electron chi connectivity index (χ0n) is 20.3. The molecule has 9 nitrogen and oxygen atoms in total. The first kappa shape index (κ1) is 26.5. The van der Waals surface area contributed by atoms with E-state index in [1.54, 1.807) is 45.9 Å². The van der Waals surface area contributed by atoms with Crippen molar-refractivity contribution in [1.29, 1.82) is 0 Å². The lowest BCUT2D eigenvalue weighted by molar-refractivity contribution is -0.122. The van der Waals surface area contributed by atoms with Gasteiger partial charge in [0.1, 0.15) is 18.2 Å². The summed E-state index contributed by atoms with van der Waals surface area (Å²) in [5.41, 5.74) is 0.899. The summed E-state index contributed by atoms with van der Waals surface area (Å²) in [6, 6.07) is 13.7. The number of likely N-dealkylation sites (N-methyl/N-ethyl adjacent to an activating group) is 1. The average Bonchev–Trinajstić information content (AvgIpc) is 2.77. The van der Waals surface area contributed by atoms with Crippen LogP contribution in [-0.2, 0) is 22.6 Å². The molecule has 0 fully saturated rings. The number of carbonyl (C=O) groups is 3. The molecule has 0 aliphatic rings. The monoisotopic (exact) mass is 471 g/mol. The van der Waals surface area contributed by atoms with Gasteiger partial charge in [-0.05, 0) is 51.0 Å². The minimum atomic E-state index is -0.895. The van der Waals surface area contributed by atoms with Crippen molar-refractivity contribution in [2.45, 2.75) is 52.4 Å². The molecule has 34 heavy (non-hydrogen) atoms. The molecule has 0 aromatic heterocycles. The van der Waals surface area contributed by atoms with E-state index in [1.165, 1.54) is 7.05 Å². The van der Waals surface area contributed by atoms with Gasteiger partial charge in [0.05, 0.1) is 0 Å². The number of nitrogens with one attached hydrogen (secondary N) is 3. The van der Waals surface area contributed by atoms with Crippen LogP contribution in [0.25, 0.3) is 0 Å². The molecule has 0 heterocycles. The van der Waals surface area contributed by atoms with Crippen LogP contribution in [0.1, 0.15) is 38.8 Å². The van der Waals surface area contributed by atoms with Gasteiger partial charge in [0.15, 0.2) is 11.5 Å². The second-order valence-electron chi connectivity index (χ2n) is 8.49. The molecule has 2 rings (SSSR count). The molecule has 2 aromatic rings. The Labute approximate surface area is 200 Å². The number of hydrogen-bond donors (Lipinski definition) is 3. The highest BCUT2D eigenvalue weighted by Gasteiger charge is 2.24. The number of ether oxygens (including phenoxy) is 3. The van der Waals surface area contributed by atoms with Gasteiger partial charge >= 0.3 is 12.2 Å². The third-order valence-corrected chi connectivity index (χ3v) is 4.46. The van der Waals surface area contributed by atoms with Crippen molar-refractivity contribution in [1.82, 2.24) is 16.0 Å². The molecule has 0 radical (unpaired) electrons. The van der Waals surface area contributed by atoms with Crippen molar-refractivity contribution >= 4 is 18.1 Å². The van der Waals surface area contributed by atoms with Gasteiger partial charge in [-0.2, -0.15) is 0 Å². The van der Waals surface area contributed by atoms with E-state index in [0.29, 0.717) is 17.9 Å². The third kappa shape index (κ3) is 9.01. The number of carbonyl (C=O) groups excluding carboxylic acids is 3. The highest BCUT2D eigenvalue weighted by Crippen LogP contribution is 2.30. The van der Waals surface area contributed by atoms with Gasteiger partial charge in [-0.25, -0.2) is 9.59 Å². The Morgan fingerprint density at radius 3 is 2.26 bits per heavy atom. The largest absolute Gasteiger partial charge is 0.485 e. The van der Waals surface area contributed by atoms with Crippen LogP contribution < -0.4 is 25.4 Å². The highest BCUT2D eigenvalue weighted by atomic mass is 16.6. The first-order valence-corrected chi connectivity index (χ1v) is 11.1. The lowest BCUT2D eigenvalue weighted by Gasteiger charge is -2.23. The van der Waals surface area contributed by atoms with Crippen LogP contribution in [0.3, 0.4) is 0 Å². The van der Waals surface area contributed by atoms with E-state index < -0.39 is 23.8 Å². The summed E-state index contributed by atoms with van der Waals surface area (Å²) in [6.45, 7) is 7.67. The topological polar surface area (TPSA) is 115 Å². The predicted molar refractivity (Wildman–Crippen MR) is 128 cm³/mol. The van der Waals surface area contributed by atoms with E-state index in [0.717, 1.165) is 5.56 Å². The molecular weight excluding hydrogens is 438 g/mol. The average molecular weight is 472 g/mol. The van der Waals surface area contributed by atoms with Crippen molar-refractivity contribution in [3.05, 3.63) is 59.7 Å². The summed E-state index contributed by atoms with van der Waals surface area (Å²) in [6.07, 6.45) is -1.19. The third-order valence-electron chi connectivity index (χ3n) is 4.46. The van der Waals surface area contributed by atoms with E-state index in [4.69, 9.17) is 14.2 Å². The molecule has 2 aromatic carbocycles. The fraction of sp³-hybridized carbons (Fsp3) is 0.400. The highest BCUT2D eigenvalue weighted by molar-refractivity contribution is 5.85. The Kier molecular flexibility index (Phi) is 9.73. The van der Waals surface area contributed by atoms with Gasteiger partial charge in [0.25, 0.3) is 0 Å². The Bertz CT molecular complexity index is 972. The molecule has 0 aliphatic heterocycles. The maximum Gasteiger partial charge on any atom is 0.412 e. The van der Waals surface area contributed by atoms with Gasteiger partial charge < -0.3 is 30.2 Å². The summed E-state index contributed by atoms with van der Waals surface area (Å²) >= 11 is 0. The maximum atomic E-state index is 12.4. The van der Waals surface area contributed by atoms with Gasteiger partial charge in [-0.15, -0.1) is 0 Å². The first-order chi connectivity index (χ1) is 16.1. The van der Waals surface area contributed by atoms with Gasteiger partial charge in [-0.1, -0.05) is 36.4 Å². The van der Waals surface area contributed by atoms with Crippen LogP contribution in [0.15, 0.2) is 48.5 Å². The molecular formula is C25H33N3O6. The molecule has 3 amide bonds. The molecule has 0 saturated heterocycles. The molecule has 3 N–H and O–H groups in total. The van der Waals surface area contributed by atoms with Gasteiger partial charge in [-0.3, -0.25) is 4.79 Å². The molecule has 0 saturated carbocycles. The van der Waals surface area contributed by atoms with Gasteiger partial charge in [0, 0.05) is 20.0 Å². The Morgan fingerprint density at radius 1 is 0.941 bits per heavy atom. The Morgan fingerprint density at radius 2 is 1.65 bits per heavy atom. The molecule has 1 unspecified atom stereocenters. The summed E-state index contributed by atoms with van der Waals surface area (Å²) in [4.78, 5) is 36.7. The number of benzene rings is 2. The van der Waals surface area contributed by atoms with Crippen LogP contribution in [0.4, 0.5) is 9.59 Å². The molecule has 1 atom stereocenters. The SMILES string of the molecule is CCNC(=O)Oc1cc(CC(NC(=O)OC(C)(C)C)C(=O)NC)ccc1OCc1ccccc1. The van der Waals surface area contributed by atoms with Crippen LogP contribution >= 0.6 is 0 Å². The standard InChI is InChI=1S/C25H33N3O6/c1-6-27-23(30)33-21-15-18(12-13-20(21)32-16-17-10-8-7-9-11-17)14-19(22(29)26-5)28-24(31)34-25(2,3)4/h7-13,15,19H,6,14,16H2,1-5H3,(H,26,29)(H,27,30)(H,28,31). The normalized spacial score (nSPS) is 11.7. The van der Waals surface area contributed by atoms with Crippen LogP contribution in [0, 0.1) is 0 Å². The Balaban J connectivity index is 2.23. The van der Waals surface area contributed by atoms with Crippen LogP contribution in [0.2, 0.25) is 0 Å². The van der Waals surface area contributed by atoms with E-state index in [-0.39, 0.29) is 24.7 Å². The van der Waals surface area contributed by atoms with E-state index in [9.17, 15) is 14.4 Å². The molecule has 0 bridgehead atoms. The number of hydrogen-bond acceptors (Lipinski definition) is 6. The summed E-state index contributed by atoms with van der Waals surface area (Å²) < 4.78 is 16.6. The van der Waals surface area contributed by atoms with E-state index >= 15 is 0 Å². The fourth-order valence-electron chi connectivity index (χ4n) is 2.96. The van der Waals surface area contributed by atoms with Gasteiger partial charge in [0.2, 0.25) is 5.91 Å². The second kappa shape index (κ2) is 12.5. The number of rotatable bonds is 9. The van der Waals surface area contributed by atoms with Crippen molar-refractivity contribution in [3.63, 3.8) is 0 Å². The van der Waals surface area contributed by atoms with E-state index in [1.807, 2.05) is 30.3 Å². The van der Waals surface area contributed by atoms with Crippen molar-refractivity contribution in [3.8, 4) is 11.5 Å². The predicted octanol–water partition coefficient (Wildman–Crippen LogP) is 3.56. The minimum Gasteiger partial charge on any atom is -0.485 e. The van der Waals surface area contributed by atoms with Crippen LogP contribution in [-0.4, -0.2) is 43.3 Å².